The predicted octanol–water partition coefficient (Wildman–Crippen LogP) is 2.80. The monoisotopic (exact) mass is 320 g/mol. The summed E-state index contributed by atoms with van der Waals surface area (Å²) in [5, 5.41) is 5.08. The van der Waals surface area contributed by atoms with E-state index in [1.54, 1.807) is 18.2 Å². The number of esters is 1. The molecule has 0 aliphatic carbocycles. The Kier molecular flexibility index (Phi) is 5.24. The number of hydrogen-bond acceptors (Lipinski definition) is 4. The number of hydrogen-bond donors (Lipinski definition) is 2. The number of methoxy groups -OCH3 is 1. The van der Waals surface area contributed by atoms with Gasteiger partial charge in [0.05, 0.1) is 30.6 Å². The zero-order valence-corrected chi connectivity index (χ0v) is 12.2. The fraction of sp³-hybridized carbons (Fsp3) is 0.125. The van der Waals surface area contributed by atoms with Gasteiger partial charge in [-0.15, -0.1) is 0 Å². The van der Waals surface area contributed by atoms with Gasteiger partial charge in [0, 0.05) is 6.07 Å². The summed E-state index contributed by atoms with van der Waals surface area (Å²) in [6.07, 6.45) is 0. The Balaban J connectivity index is 2.01. The Bertz CT molecular complexity index is 735. The van der Waals surface area contributed by atoms with Crippen molar-refractivity contribution in [3.63, 3.8) is 0 Å². The standard InChI is InChI=1S/C16H14F2N2O3/c1-23-16(22)11-4-2-3-5-13(11)20-15(21)9-19-14-7-6-10(17)8-12(14)18/h2-8,19H,9H2,1H3,(H,20,21). The first kappa shape index (κ1) is 16.4. The van der Waals surface area contributed by atoms with E-state index in [1.165, 1.54) is 19.2 Å². The van der Waals surface area contributed by atoms with Gasteiger partial charge in [-0.25, -0.2) is 13.6 Å². The highest BCUT2D eigenvalue weighted by molar-refractivity contribution is 6.02. The van der Waals surface area contributed by atoms with Crippen LogP contribution in [0.5, 0.6) is 0 Å². The van der Waals surface area contributed by atoms with Gasteiger partial charge in [-0.1, -0.05) is 12.1 Å². The number of anilines is 2. The molecule has 5 nitrogen and oxygen atoms in total. The largest absolute Gasteiger partial charge is 0.465 e. The summed E-state index contributed by atoms with van der Waals surface area (Å²) < 4.78 is 30.9. The van der Waals surface area contributed by atoms with E-state index in [-0.39, 0.29) is 23.5 Å². The van der Waals surface area contributed by atoms with Crippen molar-refractivity contribution >= 4 is 23.3 Å². The lowest BCUT2D eigenvalue weighted by molar-refractivity contribution is -0.114. The van der Waals surface area contributed by atoms with Crippen LogP contribution in [0.3, 0.4) is 0 Å². The summed E-state index contributed by atoms with van der Waals surface area (Å²) >= 11 is 0. The lowest BCUT2D eigenvalue weighted by Gasteiger charge is -2.11. The van der Waals surface area contributed by atoms with E-state index in [9.17, 15) is 18.4 Å². The number of rotatable bonds is 5. The van der Waals surface area contributed by atoms with Crippen LogP contribution < -0.4 is 10.6 Å². The molecule has 0 radical (unpaired) electrons. The van der Waals surface area contributed by atoms with E-state index < -0.39 is 23.5 Å². The van der Waals surface area contributed by atoms with E-state index in [0.717, 1.165) is 6.07 Å². The van der Waals surface area contributed by atoms with Crippen molar-refractivity contribution in [2.24, 2.45) is 0 Å². The summed E-state index contributed by atoms with van der Waals surface area (Å²) in [6, 6.07) is 9.32. The number of benzene rings is 2. The number of amides is 1. The summed E-state index contributed by atoms with van der Waals surface area (Å²) in [5.41, 5.74) is 0.491. The molecule has 2 aromatic carbocycles. The number of carbonyl (C=O) groups excluding carboxylic acids is 2. The molecule has 2 N–H and O–H groups in total. The third-order valence-electron chi connectivity index (χ3n) is 2.98. The van der Waals surface area contributed by atoms with E-state index in [2.05, 4.69) is 15.4 Å². The van der Waals surface area contributed by atoms with Crippen molar-refractivity contribution in [1.29, 1.82) is 0 Å². The third kappa shape index (κ3) is 4.26. The van der Waals surface area contributed by atoms with Gasteiger partial charge in [0.2, 0.25) is 5.91 Å². The molecule has 1 amide bonds. The molecule has 2 aromatic rings. The molecule has 23 heavy (non-hydrogen) atoms. The maximum absolute atomic E-state index is 13.4. The number of halogens is 2. The molecular weight excluding hydrogens is 306 g/mol. The Labute approximate surface area is 131 Å². The van der Waals surface area contributed by atoms with E-state index in [0.29, 0.717) is 6.07 Å². The van der Waals surface area contributed by atoms with Gasteiger partial charge < -0.3 is 15.4 Å². The Hall–Kier alpha value is -2.96. The first-order valence-electron chi connectivity index (χ1n) is 6.67. The van der Waals surface area contributed by atoms with Gasteiger partial charge >= 0.3 is 5.97 Å². The van der Waals surface area contributed by atoms with Crippen molar-refractivity contribution in [2.45, 2.75) is 0 Å². The van der Waals surface area contributed by atoms with Crippen LogP contribution in [-0.2, 0) is 9.53 Å². The quantitative estimate of drug-likeness (QED) is 0.831. The van der Waals surface area contributed by atoms with Crippen molar-refractivity contribution in [3.05, 3.63) is 59.7 Å². The maximum Gasteiger partial charge on any atom is 0.339 e. The molecule has 0 unspecified atom stereocenters. The lowest BCUT2D eigenvalue weighted by atomic mass is 10.2. The average molecular weight is 320 g/mol. The molecule has 0 heterocycles. The van der Waals surface area contributed by atoms with Gasteiger partial charge in [0.1, 0.15) is 11.6 Å². The minimum Gasteiger partial charge on any atom is -0.465 e. The topological polar surface area (TPSA) is 67.4 Å². The van der Waals surface area contributed by atoms with Crippen LogP contribution in [-0.4, -0.2) is 25.5 Å². The van der Waals surface area contributed by atoms with Gasteiger partial charge in [-0.3, -0.25) is 4.79 Å². The van der Waals surface area contributed by atoms with Crippen LogP contribution in [0.15, 0.2) is 42.5 Å². The zero-order chi connectivity index (χ0) is 16.8. The van der Waals surface area contributed by atoms with Crippen LogP contribution in [0.25, 0.3) is 0 Å². The summed E-state index contributed by atoms with van der Waals surface area (Å²) in [6.45, 7) is -0.252. The fourth-order valence-corrected chi connectivity index (χ4v) is 1.88. The highest BCUT2D eigenvalue weighted by Crippen LogP contribution is 2.17. The molecule has 0 saturated carbocycles. The maximum atomic E-state index is 13.4. The van der Waals surface area contributed by atoms with Gasteiger partial charge in [-0.05, 0) is 24.3 Å². The van der Waals surface area contributed by atoms with Crippen LogP contribution in [0.2, 0.25) is 0 Å². The minimum atomic E-state index is -0.798. The van der Waals surface area contributed by atoms with Crippen LogP contribution in [0.4, 0.5) is 20.2 Å². The minimum absolute atomic E-state index is 0.00260. The Morgan fingerprint density at radius 3 is 2.52 bits per heavy atom. The molecule has 2 rings (SSSR count). The number of carbonyl (C=O) groups is 2. The molecule has 0 aliphatic heterocycles. The first-order valence-corrected chi connectivity index (χ1v) is 6.67. The van der Waals surface area contributed by atoms with Gasteiger partial charge in [0.15, 0.2) is 0 Å². The second kappa shape index (κ2) is 7.35. The fourth-order valence-electron chi connectivity index (χ4n) is 1.88. The van der Waals surface area contributed by atoms with Crippen LogP contribution >= 0.6 is 0 Å². The van der Waals surface area contributed by atoms with E-state index in [4.69, 9.17) is 0 Å². The van der Waals surface area contributed by atoms with Crippen LogP contribution in [0.1, 0.15) is 10.4 Å². The molecule has 0 fully saturated rings. The summed E-state index contributed by atoms with van der Waals surface area (Å²) in [7, 11) is 1.24. The van der Waals surface area contributed by atoms with Gasteiger partial charge in [-0.2, -0.15) is 0 Å². The Morgan fingerprint density at radius 2 is 1.83 bits per heavy atom. The predicted molar refractivity (Wildman–Crippen MR) is 81.3 cm³/mol. The third-order valence-corrected chi connectivity index (χ3v) is 2.98. The van der Waals surface area contributed by atoms with E-state index >= 15 is 0 Å². The van der Waals surface area contributed by atoms with Crippen molar-refractivity contribution in [1.82, 2.24) is 0 Å². The number of ether oxygens (including phenoxy) is 1. The summed E-state index contributed by atoms with van der Waals surface area (Å²) in [4.78, 5) is 23.5. The zero-order valence-electron chi connectivity index (χ0n) is 12.2. The molecule has 0 saturated heterocycles. The molecular formula is C16H14F2N2O3. The smallest absolute Gasteiger partial charge is 0.339 e. The van der Waals surface area contributed by atoms with Gasteiger partial charge in [0.25, 0.3) is 0 Å². The van der Waals surface area contributed by atoms with E-state index in [1.807, 2.05) is 0 Å². The number of para-hydroxylation sites is 1. The molecule has 7 heteroatoms. The highest BCUT2D eigenvalue weighted by atomic mass is 19.1. The second-order valence-corrected chi connectivity index (χ2v) is 4.56. The molecule has 0 aromatic heterocycles. The molecule has 0 aliphatic rings. The van der Waals surface area contributed by atoms with Crippen LogP contribution in [0, 0.1) is 11.6 Å². The second-order valence-electron chi connectivity index (χ2n) is 4.56. The molecule has 0 bridgehead atoms. The summed E-state index contributed by atoms with van der Waals surface area (Å²) in [5.74, 6) is -2.58. The first-order chi connectivity index (χ1) is 11.0. The van der Waals surface area contributed by atoms with Crippen molar-refractivity contribution < 1.29 is 23.1 Å². The van der Waals surface area contributed by atoms with Crippen molar-refractivity contribution in [2.75, 3.05) is 24.3 Å². The lowest BCUT2D eigenvalue weighted by Crippen LogP contribution is -2.23. The SMILES string of the molecule is COC(=O)c1ccccc1NC(=O)CNc1ccc(F)cc1F. The Morgan fingerprint density at radius 1 is 1.09 bits per heavy atom. The average Bonchev–Trinajstić information content (AvgIpc) is 2.54. The molecule has 0 atom stereocenters. The normalized spacial score (nSPS) is 10.0. The van der Waals surface area contributed by atoms with Crippen molar-refractivity contribution in [3.8, 4) is 0 Å². The highest BCUT2D eigenvalue weighted by Gasteiger charge is 2.13. The number of nitrogens with one attached hydrogen (secondary N) is 2. The molecule has 0 spiro atoms. The molecule has 120 valence electrons.